The first kappa shape index (κ1) is 15.2. The number of rotatable bonds is 6. The summed E-state index contributed by atoms with van der Waals surface area (Å²) in [5.74, 6) is 1.59. The predicted molar refractivity (Wildman–Crippen MR) is 83.7 cm³/mol. The third-order valence-electron chi connectivity index (χ3n) is 4.07. The Balaban J connectivity index is 2.22. The van der Waals surface area contributed by atoms with E-state index in [1.54, 1.807) is 0 Å². The number of hydrogen-bond donors (Lipinski definition) is 1. The van der Waals surface area contributed by atoms with Crippen molar-refractivity contribution in [3.8, 4) is 0 Å². The largest absolute Gasteiger partial charge is 0.338 e. The maximum absolute atomic E-state index is 5.75. The summed E-state index contributed by atoms with van der Waals surface area (Å²) in [5.41, 5.74) is 7.72. The van der Waals surface area contributed by atoms with Crippen LogP contribution in [0.4, 0.5) is 5.95 Å². The van der Waals surface area contributed by atoms with Crippen LogP contribution in [0.2, 0.25) is 0 Å². The van der Waals surface area contributed by atoms with E-state index in [2.05, 4.69) is 28.7 Å². The molecule has 0 saturated heterocycles. The van der Waals surface area contributed by atoms with Gasteiger partial charge in [0.25, 0.3) is 0 Å². The highest BCUT2D eigenvalue weighted by Gasteiger charge is 2.25. The van der Waals surface area contributed by atoms with Crippen molar-refractivity contribution in [2.75, 3.05) is 11.4 Å². The minimum absolute atomic E-state index is 0.485. The van der Waals surface area contributed by atoms with Crippen LogP contribution in [0.25, 0.3) is 0 Å². The Kier molecular flexibility index (Phi) is 5.35. The van der Waals surface area contributed by atoms with Gasteiger partial charge in [0.2, 0.25) is 5.95 Å². The van der Waals surface area contributed by atoms with Crippen molar-refractivity contribution >= 4 is 5.95 Å². The quantitative estimate of drug-likeness (QED) is 0.867. The summed E-state index contributed by atoms with van der Waals surface area (Å²) >= 11 is 0. The number of aryl methyl sites for hydroxylation is 1. The Bertz CT molecular complexity index is 424. The number of nitrogens with two attached hydrogens (primary N) is 1. The molecular formula is C16H28N4. The molecule has 0 spiro atoms. The summed E-state index contributed by atoms with van der Waals surface area (Å²) in [6.45, 7) is 8.11. The van der Waals surface area contributed by atoms with E-state index in [1.807, 2.05) is 13.0 Å². The predicted octanol–water partition coefficient (Wildman–Crippen LogP) is 3.04. The van der Waals surface area contributed by atoms with Crippen molar-refractivity contribution in [2.24, 2.45) is 11.7 Å². The summed E-state index contributed by atoms with van der Waals surface area (Å²) in [4.78, 5) is 11.8. The lowest BCUT2D eigenvalue weighted by Crippen LogP contribution is -2.36. The van der Waals surface area contributed by atoms with E-state index in [4.69, 9.17) is 5.73 Å². The van der Waals surface area contributed by atoms with Crippen LogP contribution in [0, 0.1) is 12.8 Å². The molecule has 1 aromatic rings. The van der Waals surface area contributed by atoms with Gasteiger partial charge in [-0.1, -0.05) is 26.7 Å². The molecule has 1 fully saturated rings. The Morgan fingerprint density at radius 2 is 2.00 bits per heavy atom. The third kappa shape index (κ3) is 3.92. The Morgan fingerprint density at radius 3 is 2.60 bits per heavy atom. The molecule has 0 aromatic carbocycles. The van der Waals surface area contributed by atoms with E-state index in [9.17, 15) is 0 Å². The Hall–Kier alpha value is -1.16. The van der Waals surface area contributed by atoms with Crippen molar-refractivity contribution in [2.45, 2.75) is 65.5 Å². The SMILES string of the molecule is Cc1cc(CN)nc(N(CCC(C)C)C2CCCC2)n1. The molecule has 2 N–H and O–H groups in total. The molecule has 1 heterocycles. The summed E-state index contributed by atoms with van der Waals surface area (Å²) in [7, 11) is 0. The zero-order valence-electron chi connectivity index (χ0n) is 13.1. The first-order valence-corrected chi connectivity index (χ1v) is 7.91. The summed E-state index contributed by atoms with van der Waals surface area (Å²) in [6.07, 6.45) is 6.39. The van der Waals surface area contributed by atoms with Gasteiger partial charge in [0.1, 0.15) is 0 Å². The molecule has 4 nitrogen and oxygen atoms in total. The smallest absolute Gasteiger partial charge is 0.226 e. The topological polar surface area (TPSA) is 55.0 Å². The van der Waals surface area contributed by atoms with Gasteiger partial charge in [-0.3, -0.25) is 0 Å². The lowest BCUT2D eigenvalue weighted by atomic mass is 10.1. The molecule has 1 aliphatic carbocycles. The van der Waals surface area contributed by atoms with Crippen LogP contribution in [0.5, 0.6) is 0 Å². The van der Waals surface area contributed by atoms with Crippen molar-refractivity contribution in [3.05, 3.63) is 17.5 Å². The van der Waals surface area contributed by atoms with Gasteiger partial charge in [0.15, 0.2) is 0 Å². The van der Waals surface area contributed by atoms with E-state index >= 15 is 0 Å². The minimum Gasteiger partial charge on any atom is -0.338 e. The van der Waals surface area contributed by atoms with E-state index < -0.39 is 0 Å². The average molecular weight is 276 g/mol. The van der Waals surface area contributed by atoms with E-state index in [0.717, 1.165) is 23.9 Å². The summed E-state index contributed by atoms with van der Waals surface area (Å²) in [6, 6.07) is 2.60. The number of nitrogens with zero attached hydrogens (tertiary/aromatic N) is 3. The second kappa shape index (κ2) is 7.02. The van der Waals surface area contributed by atoms with Gasteiger partial charge in [-0.15, -0.1) is 0 Å². The maximum Gasteiger partial charge on any atom is 0.226 e. The van der Waals surface area contributed by atoms with Crippen LogP contribution < -0.4 is 10.6 Å². The van der Waals surface area contributed by atoms with Gasteiger partial charge in [0, 0.05) is 24.8 Å². The molecule has 0 aliphatic heterocycles. The highest BCUT2D eigenvalue weighted by molar-refractivity contribution is 5.34. The van der Waals surface area contributed by atoms with E-state index in [0.29, 0.717) is 18.5 Å². The summed E-state index contributed by atoms with van der Waals surface area (Å²) in [5, 5.41) is 0. The standard InChI is InChI=1S/C16H28N4/c1-12(2)8-9-20(15-6-4-5-7-15)16-18-13(3)10-14(11-17)19-16/h10,12,15H,4-9,11,17H2,1-3H3. The normalized spacial score (nSPS) is 16.1. The van der Waals surface area contributed by atoms with E-state index in [1.165, 1.54) is 32.1 Å². The van der Waals surface area contributed by atoms with Crippen LogP contribution in [0.15, 0.2) is 6.07 Å². The lowest BCUT2D eigenvalue weighted by molar-refractivity contribution is 0.520. The number of aromatic nitrogens is 2. The fraction of sp³-hybridized carbons (Fsp3) is 0.750. The van der Waals surface area contributed by atoms with Gasteiger partial charge >= 0.3 is 0 Å². The third-order valence-corrected chi connectivity index (χ3v) is 4.07. The molecule has 112 valence electrons. The first-order valence-electron chi connectivity index (χ1n) is 7.91. The van der Waals surface area contributed by atoms with Crippen LogP contribution in [-0.4, -0.2) is 22.6 Å². The molecule has 0 atom stereocenters. The molecule has 4 heteroatoms. The molecule has 0 radical (unpaired) electrons. The second-order valence-corrected chi connectivity index (χ2v) is 6.32. The molecule has 1 aliphatic rings. The molecule has 1 aromatic heterocycles. The van der Waals surface area contributed by atoms with Gasteiger partial charge in [-0.05, 0) is 38.2 Å². The molecular weight excluding hydrogens is 248 g/mol. The van der Waals surface area contributed by atoms with Crippen LogP contribution in [0.1, 0.15) is 57.3 Å². The van der Waals surface area contributed by atoms with Crippen LogP contribution in [-0.2, 0) is 6.54 Å². The van der Waals surface area contributed by atoms with Gasteiger partial charge in [-0.2, -0.15) is 0 Å². The Labute approximate surface area is 122 Å². The van der Waals surface area contributed by atoms with E-state index in [-0.39, 0.29) is 0 Å². The second-order valence-electron chi connectivity index (χ2n) is 6.32. The van der Waals surface area contributed by atoms with Crippen molar-refractivity contribution in [3.63, 3.8) is 0 Å². The van der Waals surface area contributed by atoms with Crippen LogP contribution >= 0.6 is 0 Å². The highest BCUT2D eigenvalue weighted by Crippen LogP contribution is 2.27. The molecule has 20 heavy (non-hydrogen) atoms. The monoisotopic (exact) mass is 276 g/mol. The fourth-order valence-electron chi connectivity index (χ4n) is 2.91. The molecule has 2 rings (SSSR count). The highest BCUT2D eigenvalue weighted by atomic mass is 15.3. The van der Waals surface area contributed by atoms with Crippen molar-refractivity contribution in [1.82, 2.24) is 9.97 Å². The zero-order chi connectivity index (χ0) is 14.5. The number of anilines is 1. The maximum atomic E-state index is 5.75. The first-order chi connectivity index (χ1) is 9.60. The molecule has 0 unspecified atom stereocenters. The minimum atomic E-state index is 0.485. The summed E-state index contributed by atoms with van der Waals surface area (Å²) < 4.78 is 0. The zero-order valence-corrected chi connectivity index (χ0v) is 13.1. The van der Waals surface area contributed by atoms with Crippen molar-refractivity contribution in [1.29, 1.82) is 0 Å². The van der Waals surface area contributed by atoms with Crippen LogP contribution in [0.3, 0.4) is 0 Å². The molecule has 0 bridgehead atoms. The fourth-order valence-corrected chi connectivity index (χ4v) is 2.91. The lowest BCUT2D eigenvalue weighted by Gasteiger charge is -2.30. The van der Waals surface area contributed by atoms with Gasteiger partial charge in [-0.25, -0.2) is 9.97 Å². The van der Waals surface area contributed by atoms with Gasteiger partial charge < -0.3 is 10.6 Å². The average Bonchev–Trinajstić information content (AvgIpc) is 2.92. The van der Waals surface area contributed by atoms with Gasteiger partial charge in [0.05, 0.1) is 5.69 Å². The van der Waals surface area contributed by atoms with Crippen molar-refractivity contribution < 1.29 is 0 Å². The molecule has 0 amide bonds. The molecule has 1 saturated carbocycles. The number of hydrogen-bond acceptors (Lipinski definition) is 4. The Morgan fingerprint density at radius 1 is 1.30 bits per heavy atom.